The largest absolute Gasteiger partial charge is 0.494 e. The molecule has 2 N–H and O–H groups in total. The fourth-order valence-corrected chi connectivity index (χ4v) is 4.41. The third kappa shape index (κ3) is 3.62. The van der Waals surface area contributed by atoms with Gasteiger partial charge in [0.2, 0.25) is 0 Å². The summed E-state index contributed by atoms with van der Waals surface area (Å²) < 4.78 is 7.63. The molecule has 1 aliphatic carbocycles. The van der Waals surface area contributed by atoms with E-state index in [1.165, 1.54) is 0 Å². The van der Waals surface area contributed by atoms with Gasteiger partial charge in [-0.25, -0.2) is 4.79 Å². The van der Waals surface area contributed by atoms with Crippen LogP contribution in [0.15, 0.2) is 42.3 Å². The standard InChI is InChI=1S/C22H27N3O4/c1-14-4-3-5-19(22(27)28)25(14)20-10-16-12-24(23-18(16)11-21(20)29-2)17-8-6-15(13-26)7-9-17/h3-5,10-12,15,17,19,26H,6-9,13H2,1-2H3,(H,27,28). The first-order chi connectivity index (χ1) is 14.0. The highest BCUT2D eigenvalue weighted by molar-refractivity contribution is 5.90. The van der Waals surface area contributed by atoms with Crippen LogP contribution in [0.5, 0.6) is 5.75 Å². The van der Waals surface area contributed by atoms with E-state index in [2.05, 4.69) is 0 Å². The summed E-state index contributed by atoms with van der Waals surface area (Å²) in [6.45, 7) is 2.16. The minimum absolute atomic E-state index is 0.260. The molecule has 154 valence electrons. The lowest BCUT2D eigenvalue weighted by atomic mass is 9.87. The zero-order chi connectivity index (χ0) is 20.5. The van der Waals surface area contributed by atoms with Crippen molar-refractivity contribution < 1.29 is 19.7 Å². The highest BCUT2D eigenvalue weighted by atomic mass is 16.5. The van der Waals surface area contributed by atoms with Gasteiger partial charge in [-0.05, 0) is 50.7 Å². The van der Waals surface area contributed by atoms with Crippen molar-refractivity contribution in [1.82, 2.24) is 9.78 Å². The van der Waals surface area contributed by atoms with Crippen LogP contribution in [0.25, 0.3) is 10.9 Å². The maximum absolute atomic E-state index is 11.8. The Kier molecular flexibility index (Phi) is 5.32. The van der Waals surface area contributed by atoms with Crippen molar-refractivity contribution in [3.63, 3.8) is 0 Å². The first-order valence-electron chi connectivity index (χ1n) is 10.1. The third-order valence-corrected chi connectivity index (χ3v) is 6.07. The summed E-state index contributed by atoms with van der Waals surface area (Å²) in [7, 11) is 1.59. The molecule has 0 saturated heterocycles. The van der Waals surface area contributed by atoms with Gasteiger partial charge in [0.1, 0.15) is 11.8 Å². The number of aliphatic carboxylic acids is 1. The van der Waals surface area contributed by atoms with E-state index in [0.717, 1.165) is 42.3 Å². The first-order valence-corrected chi connectivity index (χ1v) is 10.1. The first kappa shape index (κ1) is 19.5. The predicted molar refractivity (Wildman–Crippen MR) is 111 cm³/mol. The Morgan fingerprint density at radius 3 is 2.69 bits per heavy atom. The van der Waals surface area contributed by atoms with Crippen molar-refractivity contribution in [3.05, 3.63) is 42.3 Å². The molecule has 4 rings (SSSR count). The molecule has 1 aliphatic heterocycles. The number of hydrogen-bond donors (Lipinski definition) is 2. The number of ether oxygens (including phenoxy) is 1. The van der Waals surface area contributed by atoms with Crippen LogP contribution in [-0.4, -0.2) is 45.7 Å². The zero-order valence-electron chi connectivity index (χ0n) is 16.8. The number of anilines is 1. The number of carbonyl (C=O) groups is 1. The molecule has 0 spiro atoms. The summed E-state index contributed by atoms with van der Waals surface area (Å²) >= 11 is 0. The molecular formula is C22H27N3O4. The van der Waals surface area contributed by atoms with Gasteiger partial charge in [0.25, 0.3) is 0 Å². The van der Waals surface area contributed by atoms with Gasteiger partial charge in [0.05, 0.1) is 24.4 Å². The lowest BCUT2D eigenvalue weighted by molar-refractivity contribution is -0.137. The number of allylic oxidation sites excluding steroid dienone is 3. The third-order valence-electron chi connectivity index (χ3n) is 6.07. The minimum Gasteiger partial charge on any atom is -0.494 e. The molecular weight excluding hydrogens is 370 g/mol. The molecule has 1 aromatic carbocycles. The van der Waals surface area contributed by atoms with Crippen LogP contribution in [-0.2, 0) is 4.79 Å². The van der Waals surface area contributed by atoms with Gasteiger partial charge in [0, 0.05) is 30.0 Å². The Balaban J connectivity index is 1.71. The molecule has 29 heavy (non-hydrogen) atoms. The van der Waals surface area contributed by atoms with E-state index < -0.39 is 12.0 Å². The highest BCUT2D eigenvalue weighted by Gasteiger charge is 2.29. The number of methoxy groups -OCH3 is 1. The summed E-state index contributed by atoms with van der Waals surface area (Å²) in [4.78, 5) is 13.6. The molecule has 1 atom stereocenters. The number of carboxylic acids is 1. The van der Waals surface area contributed by atoms with E-state index in [0.29, 0.717) is 23.4 Å². The van der Waals surface area contributed by atoms with Crippen LogP contribution in [0.2, 0.25) is 0 Å². The van der Waals surface area contributed by atoms with E-state index in [1.54, 1.807) is 24.2 Å². The van der Waals surface area contributed by atoms with Gasteiger partial charge in [-0.15, -0.1) is 0 Å². The molecule has 2 aromatic rings. The molecule has 1 unspecified atom stereocenters. The molecule has 7 nitrogen and oxygen atoms in total. The topological polar surface area (TPSA) is 87.8 Å². The van der Waals surface area contributed by atoms with Crippen molar-refractivity contribution in [3.8, 4) is 5.75 Å². The monoisotopic (exact) mass is 397 g/mol. The van der Waals surface area contributed by atoms with E-state index in [-0.39, 0.29) is 6.61 Å². The van der Waals surface area contributed by atoms with Gasteiger partial charge >= 0.3 is 5.97 Å². The fraction of sp³-hybridized carbons (Fsp3) is 0.455. The van der Waals surface area contributed by atoms with Gasteiger partial charge < -0.3 is 19.8 Å². The van der Waals surface area contributed by atoms with Crippen LogP contribution in [0.4, 0.5) is 5.69 Å². The maximum atomic E-state index is 11.8. The second kappa shape index (κ2) is 7.91. The normalized spacial score (nSPS) is 24.6. The van der Waals surface area contributed by atoms with E-state index in [4.69, 9.17) is 9.84 Å². The average molecular weight is 397 g/mol. The average Bonchev–Trinajstić information content (AvgIpc) is 3.15. The van der Waals surface area contributed by atoms with Gasteiger partial charge in [-0.3, -0.25) is 4.68 Å². The Morgan fingerprint density at radius 1 is 1.28 bits per heavy atom. The number of carboxylic acid groups (broad SMARTS) is 1. The SMILES string of the molecule is COc1cc2nn(C3CCC(CO)CC3)cc2cc1N1C(C)=CC=CC1C(=O)O. The smallest absolute Gasteiger partial charge is 0.330 e. The number of aliphatic hydroxyl groups is 1. The fourth-order valence-electron chi connectivity index (χ4n) is 4.41. The van der Waals surface area contributed by atoms with Crippen LogP contribution in [0.1, 0.15) is 38.6 Å². The molecule has 1 fully saturated rings. The number of hydrogen-bond acceptors (Lipinski definition) is 5. The van der Waals surface area contributed by atoms with Crippen LogP contribution in [0, 0.1) is 5.92 Å². The predicted octanol–water partition coefficient (Wildman–Crippen LogP) is 3.50. The van der Waals surface area contributed by atoms with Gasteiger partial charge in [0.15, 0.2) is 0 Å². The van der Waals surface area contributed by atoms with Crippen LogP contribution < -0.4 is 9.64 Å². The molecule has 1 aromatic heterocycles. The van der Waals surface area contributed by atoms with E-state index >= 15 is 0 Å². The summed E-state index contributed by atoms with van der Waals surface area (Å²) in [5.74, 6) is 0.0889. The molecule has 0 radical (unpaired) electrons. The Hall–Kier alpha value is -2.80. The Labute approximate surface area is 169 Å². The van der Waals surface area contributed by atoms with Crippen LogP contribution in [0.3, 0.4) is 0 Å². The summed E-state index contributed by atoms with van der Waals surface area (Å²) in [5, 5.41) is 24.8. The van der Waals surface area contributed by atoms with Crippen molar-refractivity contribution in [2.75, 3.05) is 18.6 Å². The maximum Gasteiger partial charge on any atom is 0.330 e. The van der Waals surface area contributed by atoms with Gasteiger partial charge in [-0.2, -0.15) is 5.10 Å². The highest BCUT2D eigenvalue weighted by Crippen LogP contribution is 2.38. The summed E-state index contributed by atoms with van der Waals surface area (Å²) in [6, 6.07) is 3.38. The quantitative estimate of drug-likeness (QED) is 0.803. The number of benzene rings is 1. The number of aliphatic hydroxyl groups excluding tert-OH is 1. The number of fused-ring (bicyclic) bond motifs is 1. The van der Waals surface area contributed by atoms with E-state index in [1.807, 2.05) is 36.0 Å². The van der Waals surface area contributed by atoms with E-state index in [9.17, 15) is 15.0 Å². The molecule has 2 heterocycles. The second-order valence-corrected chi connectivity index (χ2v) is 7.90. The Bertz CT molecular complexity index is 970. The van der Waals surface area contributed by atoms with Crippen molar-refractivity contribution in [1.29, 1.82) is 0 Å². The minimum atomic E-state index is -0.910. The van der Waals surface area contributed by atoms with Crippen molar-refractivity contribution in [2.45, 2.75) is 44.7 Å². The Morgan fingerprint density at radius 2 is 2.03 bits per heavy atom. The molecule has 0 bridgehead atoms. The summed E-state index contributed by atoms with van der Waals surface area (Å²) in [5.41, 5.74) is 2.39. The summed E-state index contributed by atoms with van der Waals surface area (Å²) in [6.07, 6.45) is 11.4. The lowest BCUT2D eigenvalue weighted by Gasteiger charge is -2.32. The second-order valence-electron chi connectivity index (χ2n) is 7.90. The molecule has 1 saturated carbocycles. The number of rotatable bonds is 5. The lowest BCUT2D eigenvalue weighted by Crippen LogP contribution is -2.40. The molecule has 0 amide bonds. The molecule has 7 heteroatoms. The van der Waals surface area contributed by atoms with Crippen molar-refractivity contribution in [2.24, 2.45) is 5.92 Å². The number of nitrogens with zero attached hydrogens (tertiary/aromatic N) is 3. The van der Waals surface area contributed by atoms with Gasteiger partial charge in [-0.1, -0.05) is 12.2 Å². The number of aromatic nitrogens is 2. The molecule has 2 aliphatic rings. The van der Waals surface area contributed by atoms with Crippen molar-refractivity contribution >= 4 is 22.6 Å². The van der Waals surface area contributed by atoms with Crippen LogP contribution >= 0.6 is 0 Å². The zero-order valence-corrected chi connectivity index (χ0v) is 16.8.